The number of hydrogen-bond acceptors (Lipinski definition) is 5. The second-order valence-electron chi connectivity index (χ2n) is 5.72. The molecular formula is C19H15N3O2S. The molecule has 0 saturated carbocycles. The number of para-hydroxylation sites is 1. The van der Waals surface area contributed by atoms with Crippen LogP contribution in [0, 0.1) is 13.8 Å². The Kier molecular flexibility index (Phi) is 3.82. The van der Waals surface area contributed by atoms with Gasteiger partial charge in [0.2, 0.25) is 0 Å². The molecule has 2 aromatic carbocycles. The number of amides is 1. The van der Waals surface area contributed by atoms with Crippen LogP contribution in [0.1, 0.15) is 21.8 Å². The Morgan fingerprint density at radius 1 is 1.08 bits per heavy atom. The quantitative estimate of drug-likeness (QED) is 0.576. The molecular weight excluding hydrogens is 334 g/mol. The third kappa shape index (κ3) is 2.92. The lowest BCUT2D eigenvalue weighted by molar-refractivity contribution is 0.102. The lowest BCUT2D eigenvalue weighted by Crippen LogP contribution is -2.13. The predicted molar refractivity (Wildman–Crippen MR) is 99.0 cm³/mol. The van der Waals surface area contributed by atoms with Gasteiger partial charge in [0.1, 0.15) is 16.3 Å². The topological polar surface area (TPSA) is 68.0 Å². The summed E-state index contributed by atoms with van der Waals surface area (Å²) in [6.07, 6.45) is 0. The SMILES string of the molecule is Cc1noc(C)c1C(=O)Nc1ccc(-c2nc3ccccc3s2)cc1. The Hall–Kier alpha value is -2.99. The summed E-state index contributed by atoms with van der Waals surface area (Å²) in [5.41, 5.74) is 3.81. The summed E-state index contributed by atoms with van der Waals surface area (Å²) < 4.78 is 6.20. The Labute approximate surface area is 148 Å². The van der Waals surface area contributed by atoms with Gasteiger partial charge >= 0.3 is 0 Å². The summed E-state index contributed by atoms with van der Waals surface area (Å²) in [6.45, 7) is 3.48. The van der Waals surface area contributed by atoms with Crippen molar-refractivity contribution in [1.82, 2.24) is 10.1 Å². The molecule has 2 heterocycles. The second-order valence-corrected chi connectivity index (χ2v) is 6.75. The maximum absolute atomic E-state index is 12.4. The van der Waals surface area contributed by atoms with Crippen LogP contribution in [0.25, 0.3) is 20.8 Å². The first-order valence-electron chi connectivity index (χ1n) is 7.82. The fraction of sp³-hybridized carbons (Fsp3) is 0.105. The largest absolute Gasteiger partial charge is 0.361 e. The normalized spacial score (nSPS) is 11.0. The number of aromatic nitrogens is 2. The number of nitrogens with one attached hydrogen (secondary N) is 1. The fourth-order valence-electron chi connectivity index (χ4n) is 2.69. The molecule has 124 valence electrons. The highest BCUT2D eigenvalue weighted by atomic mass is 32.1. The summed E-state index contributed by atoms with van der Waals surface area (Å²) in [5, 5.41) is 7.65. The van der Waals surface area contributed by atoms with Gasteiger partial charge in [0, 0.05) is 11.3 Å². The number of anilines is 1. The van der Waals surface area contributed by atoms with Gasteiger partial charge in [-0.25, -0.2) is 4.98 Å². The fourth-order valence-corrected chi connectivity index (χ4v) is 3.66. The molecule has 4 aromatic rings. The molecule has 0 aliphatic heterocycles. The van der Waals surface area contributed by atoms with Gasteiger partial charge in [-0.15, -0.1) is 11.3 Å². The van der Waals surface area contributed by atoms with E-state index in [4.69, 9.17) is 4.52 Å². The summed E-state index contributed by atoms with van der Waals surface area (Å²) >= 11 is 1.65. The zero-order valence-corrected chi connectivity index (χ0v) is 14.6. The molecule has 4 rings (SSSR count). The monoisotopic (exact) mass is 349 g/mol. The molecule has 1 amide bonds. The van der Waals surface area contributed by atoms with Gasteiger partial charge < -0.3 is 9.84 Å². The Balaban J connectivity index is 1.57. The third-order valence-electron chi connectivity index (χ3n) is 3.94. The first-order chi connectivity index (χ1) is 12.1. The van der Waals surface area contributed by atoms with E-state index < -0.39 is 0 Å². The average Bonchev–Trinajstić information content (AvgIpc) is 3.18. The number of hydrogen-bond donors (Lipinski definition) is 1. The number of thiazole rings is 1. The van der Waals surface area contributed by atoms with Crippen LogP contribution in [0.3, 0.4) is 0 Å². The van der Waals surface area contributed by atoms with Crippen LogP contribution in [0.4, 0.5) is 5.69 Å². The van der Waals surface area contributed by atoms with Crippen LogP contribution in [0.15, 0.2) is 53.1 Å². The molecule has 0 saturated heterocycles. The van der Waals surface area contributed by atoms with Gasteiger partial charge in [0.25, 0.3) is 5.91 Å². The zero-order valence-electron chi connectivity index (χ0n) is 13.7. The minimum absolute atomic E-state index is 0.219. The van der Waals surface area contributed by atoms with E-state index in [1.807, 2.05) is 42.5 Å². The molecule has 2 aromatic heterocycles. The highest BCUT2D eigenvalue weighted by Gasteiger charge is 2.17. The molecule has 0 atom stereocenters. The minimum atomic E-state index is -0.219. The molecule has 0 bridgehead atoms. The minimum Gasteiger partial charge on any atom is -0.361 e. The van der Waals surface area contributed by atoms with Crippen molar-refractivity contribution in [3.8, 4) is 10.6 Å². The molecule has 1 N–H and O–H groups in total. The van der Waals surface area contributed by atoms with Gasteiger partial charge in [0.15, 0.2) is 0 Å². The highest BCUT2D eigenvalue weighted by molar-refractivity contribution is 7.21. The maximum Gasteiger partial charge on any atom is 0.261 e. The standard InChI is InChI=1S/C19H15N3O2S/c1-11-17(12(2)24-22-11)18(23)20-14-9-7-13(8-10-14)19-21-15-5-3-4-6-16(15)25-19/h3-10H,1-2H3,(H,20,23). The van der Waals surface area contributed by atoms with E-state index in [0.29, 0.717) is 17.0 Å². The van der Waals surface area contributed by atoms with Gasteiger partial charge in [-0.1, -0.05) is 17.3 Å². The van der Waals surface area contributed by atoms with Crippen molar-refractivity contribution in [1.29, 1.82) is 0 Å². The first kappa shape index (κ1) is 15.5. The van der Waals surface area contributed by atoms with E-state index in [0.717, 1.165) is 26.5 Å². The van der Waals surface area contributed by atoms with E-state index in [1.54, 1.807) is 25.2 Å². The van der Waals surface area contributed by atoms with E-state index >= 15 is 0 Å². The average molecular weight is 349 g/mol. The predicted octanol–water partition coefficient (Wildman–Crippen LogP) is 4.82. The van der Waals surface area contributed by atoms with Crippen LogP contribution in [0.2, 0.25) is 0 Å². The zero-order chi connectivity index (χ0) is 17.4. The summed E-state index contributed by atoms with van der Waals surface area (Å²) in [7, 11) is 0. The molecule has 0 unspecified atom stereocenters. The number of aryl methyl sites for hydroxylation is 2. The van der Waals surface area contributed by atoms with Crippen molar-refractivity contribution in [2.24, 2.45) is 0 Å². The van der Waals surface area contributed by atoms with Crippen molar-refractivity contribution >= 4 is 33.1 Å². The van der Waals surface area contributed by atoms with Gasteiger partial charge in [-0.2, -0.15) is 0 Å². The summed E-state index contributed by atoms with van der Waals surface area (Å²) in [5.74, 6) is 0.296. The first-order valence-corrected chi connectivity index (χ1v) is 8.64. The number of fused-ring (bicyclic) bond motifs is 1. The van der Waals surface area contributed by atoms with Crippen molar-refractivity contribution in [2.45, 2.75) is 13.8 Å². The van der Waals surface area contributed by atoms with Crippen molar-refractivity contribution < 1.29 is 9.32 Å². The Bertz CT molecular complexity index is 1010. The molecule has 0 aliphatic rings. The van der Waals surface area contributed by atoms with Crippen LogP contribution in [-0.2, 0) is 0 Å². The van der Waals surface area contributed by atoms with E-state index in [2.05, 4.69) is 21.5 Å². The second kappa shape index (κ2) is 6.14. The lowest BCUT2D eigenvalue weighted by Gasteiger charge is -2.05. The molecule has 5 nitrogen and oxygen atoms in total. The Morgan fingerprint density at radius 3 is 2.52 bits per heavy atom. The van der Waals surface area contributed by atoms with Crippen LogP contribution in [0.5, 0.6) is 0 Å². The summed E-state index contributed by atoms with van der Waals surface area (Å²) in [4.78, 5) is 17.0. The van der Waals surface area contributed by atoms with Crippen molar-refractivity contribution in [3.05, 3.63) is 65.5 Å². The molecule has 0 aliphatic carbocycles. The molecule has 25 heavy (non-hydrogen) atoms. The van der Waals surface area contributed by atoms with E-state index in [9.17, 15) is 4.79 Å². The number of benzene rings is 2. The van der Waals surface area contributed by atoms with E-state index in [1.165, 1.54) is 0 Å². The molecule has 0 spiro atoms. The number of carbonyl (C=O) groups excluding carboxylic acids is 1. The number of rotatable bonds is 3. The van der Waals surface area contributed by atoms with Crippen molar-refractivity contribution in [3.63, 3.8) is 0 Å². The van der Waals surface area contributed by atoms with Crippen LogP contribution < -0.4 is 5.32 Å². The van der Waals surface area contributed by atoms with E-state index in [-0.39, 0.29) is 5.91 Å². The van der Waals surface area contributed by atoms with Gasteiger partial charge in [0.05, 0.1) is 15.9 Å². The maximum atomic E-state index is 12.4. The van der Waals surface area contributed by atoms with Crippen LogP contribution in [-0.4, -0.2) is 16.0 Å². The van der Waals surface area contributed by atoms with Crippen LogP contribution >= 0.6 is 11.3 Å². The van der Waals surface area contributed by atoms with Gasteiger partial charge in [-0.05, 0) is 50.2 Å². The third-order valence-corrected chi connectivity index (χ3v) is 5.03. The number of nitrogens with zero attached hydrogens (tertiary/aromatic N) is 2. The Morgan fingerprint density at radius 2 is 1.84 bits per heavy atom. The lowest BCUT2D eigenvalue weighted by atomic mass is 10.1. The number of carbonyl (C=O) groups is 1. The smallest absolute Gasteiger partial charge is 0.261 e. The van der Waals surface area contributed by atoms with Crippen molar-refractivity contribution in [2.75, 3.05) is 5.32 Å². The molecule has 0 fully saturated rings. The molecule has 6 heteroatoms. The van der Waals surface area contributed by atoms with Gasteiger partial charge in [-0.3, -0.25) is 4.79 Å². The summed E-state index contributed by atoms with van der Waals surface area (Å²) in [6, 6.07) is 15.7. The molecule has 0 radical (unpaired) electrons. The highest BCUT2D eigenvalue weighted by Crippen LogP contribution is 2.30.